The van der Waals surface area contributed by atoms with Crippen molar-refractivity contribution in [1.29, 1.82) is 0 Å². The number of nitrogens with one attached hydrogen (secondary N) is 1. The van der Waals surface area contributed by atoms with E-state index in [1.807, 2.05) is 17.9 Å². The summed E-state index contributed by atoms with van der Waals surface area (Å²) in [4.78, 5) is 60.4. The second-order valence-corrected chi connectivity index (χ2v) is 21.4. The number of likely N-dealkylation sites (tertiary alicyclic amines) is 2. The lowest BCUT2D eigenvalue weighted by atomic mass is 9.87. The maximum absolute atomic E-state index is 17.1. The monoisotopic (exact) mass is 956 g/mol. The van der Waals surface area contributed by atoms with Crippen LogP contribution in [-0.4, -0.2) is 128 Å². The number of aromatic nitrogens is 3. The third-order valence-corrected chi connectivity index (χ3v) is 16.2. The van der Waals surface area contributed by atoms with Crippen molar-refractivity contribution < 1.29 is 38.1 Å². The van der Waals surface area contributed by atoms with E-state index in [-0.39, 0.29) is 58.1 Å². The number of amides is 3. The number of nitrogens with zero attached hydrogens (tertiary/aromatic N) is 7. The number of carbonyl (C=O) groups is 3. The van der Waals surface area contributed by atoms with Crippen molar-refractivity contribution >= 4 is 45.2 Å². The van der Waals surface area contributed by atoms with Gasteiger partial charge in [0.05, 0.1) is 17.6 Å². The highest BCUT2D eigenvalue weighted by Gasteiger charge is 2.46. The zero-order valence-electron chi connectivity index (χ0n) is 40.1. The van der Waals surface area contributed by atoms with Gasteiger partial charge in [-0.3, -0.25) is 24.7 Å². The van der Waals surface area contributed by atoms with Gasteiger partial charge >= 0.3 is 6.01 Å². The molecule has 16 heteroatoms. The molecule has 5 aromatic rings. The molecule has 4 saturated heterocycles. The summed E-state index contributed by atoms with van der Waals surface area (Å²) in [6, 6.07) is 11.5. The standard InChI is InChI=1S/C54H62F2N8O6/c1-3-38-42(55)8-6-35-24-37(65)25-40(45(35)38)47-46(56)48-41(26-57-47)49(63-18-4-15-53(2,69)29-63)60-52(59-48)70-31-54(16-17-54)30-62-19-11-32(12-20-62)27-61-21-13-33(14-22-61)34-5-7-39-36(23-34)28-64(51(39)68)43-9-10-44(66)58-50(43)67/h5-8,23-26,32-33,43,65,69H,3-4,9-22,27-31H2,1-2H3,(H,58,66,67)/t43?,53-/m1/s1. The summed E-state index contributed by atoms with van der Waals surface area (Å²) < 4.78 is 38.8. The van der Waals surface area contributed by atoms with Gasteiger partial charge in [-0.05, 0) is 161 Å². The molecule has 0 bridgehead atoms. The third-order valence-electron chi connectivity index (χ3n) is 16.2. The SMILES string of the molecule is CCc1c(F)ccc2cc(O)cc(-c3ncc4c(N5CCC[C@@](C)(O)C5)nc(OCC5(CN6CCC(CN7CCC(c8ccc9c(c8)CN(C8CCC(=O)NC8=O)C9=O)CC7)CC6)CC5)nc4c3F)c12. The summed E-state index contributed by atoms with van der Waals surface area (Å²) in [5.41, 5.74) is 2.50. The molecule has 3 amide bonds. The average molecular weight is 957 g/mol. The van der Waals surface area contributed by atoms with Gasteiger partial charge in [0, 0.05) is 61.9 Å². The summed E-state index contributed by atoms with van der Waals surface area (Å²) in [5, 5.41) is 25.7. The van der Waals surface area contributed by atoms with Gasteiger partial charge in [0.25, 0.3) is 5.91 Å². The maximum atomic E-state index is 17.1. The van der Waals surface area contributed by atoms with Crippen LogP contribution in [0.3, 0.4) is 0 Å². The Hall–Kier alpha value is -5.84. The van der Waals surface area contributed by atoms with E-state index in [4.69, 9.17) is 14.7 Å². The Balaban J connectivity index is 0.723. The van der Waals surface area contributed by atoms with E-state index in [1.165, 1.54) is 23.9 Å². The molecule has 3 N–H and O–H groups in total. The lowest BCUT2D eigenvalue weighted by Crippen LogP contribution is -2.52. The zero-order valence-corrected chi connectivity index (χ0v) is 40.1. The Morgan fingerprint density at radius 3 is 2.43 bits per heavy atom. The highest BCUT2D eigenvalue weighted by atomic mass is 19.1. The Morgan fingerprint density at radius 1 is 0.900 bits per heavy atom. The van der Waals surface area contributed by atoms with Crippen molar-refractivity contribution in [3.63, 3.8) is 0 Å². The Labute approximate surface area is 406 Å². The van der Waals surface area contributed by atoms with E-state index in [0.29, 0.717) is 90.4 Å². The van der Waals surface area contributed by atoms with Gasteiger partial charge in [-0.15, -0.1) is 0 Å². The molecular weight excluding hydrogens is 895 g/mol. The number of hydrogen-bond acceptors (Lipinski definition) is 12. The van der Waals surface area contributed by atoms with E-state index >= 15 is 8.78 Å². The smallest absolute Gasteiger partial charge is 0.319 e. The van der Waals surface area contributed by atoms with E-state index in [9.17, 15) is 24.6 Å². The first-order valence-corrected chi connectivity index (χ1v) is 25.4. The van der Waals surface area contributed by atoms with Crippen molar-refractivity contribution in [1.82, 2.24) is 35.0 Å². The molecule has 14 nitrogen and oxygen atoms in total. The molecule has 0 spiro atoms. The molecule has 7 heterocycles. The fourth-order valence-corrected chi connectivity index (χ4v) is 12.2. The number of β-amino-alcohol motifs (C(OH)–C–C–N with tert-alkyl or cyclic N) is 1. The first-order valence-electron chi connectivity index (χ1n) is 25.4. The Bertz CT molecular complexity index is 2890. The number of anilines is 1. The molecule has 2 aromatic heterocycles. The fourth-order valence-electron chi connectivity index (χ4n) is 12.2. The average Bonchev–Trinajstić information content (AvgIpc) is 4.04. The number of aliphatic hydroxyl groups is 1. The van der Waals surface area contributed by atoms with Crippen molar-refractivity contribution in [2.75, 3.05) is 63.9 Å². The number of ether oxygens (including phenoxy) is 1. The number of carbonyl (C=O) groups excluding carboxylic acids is 3. The highest BCUT2D eigenvalue weighted by molar-refractivity contribution is 6.05. The van der Waals surface area contributed by atoms with Crippen LogP contribution in [0, 0.1) is 23.0 Å². The minimum atomic E-state index is -0.965. The van der Waals surface area contributed by atoms with Gasteiger partial charge in [0.2, 0.25) is 11.8 Å². The number of phenols is 1. The molecule has 70 heavy (non-hydrogen) atoms. The molecule has 1 unspecified atom stereocenters. The molecule has 11 rings (SSSR count). The second kappa shape index (κ2) is 18.4. The number of aromatic hydroxyl groups is 1. The van der Waals surface area contributed by atoms with Crippen LogP contribution in [0.25, 0.3) is 32.9 Å². The third kappa shape index (κ3) is 9.06. The molecule has 0 radical (unpaired) electrons. The van der Waals surface area contributed by atoms with Crippen LogP contribution in [0.15, 0.2) is 48.7 Å². The van der Waals surface area contributed by atoms with E-state index in [2.05, 4.69) is 32.2 Å². The normalized spacial score (nSPS) is 23.6. The molecule has 368 valence electrons. The van der Waals surface area contributed by atoms with E-state index in [1.54, 1.807) is 24.0 Å². The Morgan fingerprint density at radius 2 is 1.69 bits per heavy atom. The van der Waals surface area contributed by atoms with Crippen LogP contribution in [-0.2, 0) is 22.6 Å². The summed E-state index contributed by atoms with van der Waals surface area (Å²) >= 11 is 0. The topological polar surface area (TPSA) is 165 Å². The lowest BCUT2D eigenvalue weighted by molar-refractivity contribution is -0.136. The minimum absolute atomic E-state index is 0.0123. The summed E-state index contributed by atoms with van der Waals surface area (Å²) in [6.45, 7) is 11.4. The zero-order chi connectivity index (χ0) is 48.5. The van der Waals surface area contributed by atoms with Crippen molar-refractivity contribution in [2.45, 2.75) is 109 Å². The van der Waals surface area contributed by atoms with Crippen molar-refractivity contribution in [3.8, 4) is 23.0 Å². The molecule has 2 atom stereocenters. The minimum Gasteiger partial charge on any atom is -0.508 e. The lowest BCUT2D eigenvalue weighted by Gasteiger charge is -2.38. The first kappa shape index (κ1) is 46.5. The van der Waals surface area contributed by atoms with Crippen LogP contribution in [0.1, 0.15) is 111 Å². The molecular formula is C54H62F2N8O6. The van der Waals surface area contributed by atoms with Crippen molar-refractivity contribution in [3.05, 3.63) is 82.5 Å². The van der Waals surface area contributed by atoms with Crippen LogP contribution >= 0.6 is 0 Å². The van der Waals surface area contributed by atoms with Gasteiger partial charge in [0.15, 0.2) is 5.82 Å². The number of halogens is 2. The van der Waals surface area contributed by atoms with Crippen LogP contribution in [0.5, 0.6) is 11.8 Å². The largest absolute Gasteiger partial charge is 0.508 e. The Kier molecular flexibility index (Phi) is 12.2. The van der Waals surface area contributed by atoms with Crippen LogP contribution in [0.2, 0.25) is 0 Å². The number of fused-ring (bicyclic) bond motifs is 3. The molecule has 6 aliphatic rings. The molecule has 5 aliphatic heterocycles. The van der Waals surface area contributed by atoms with Crippen molar-refractivity contribution in [2.24, 2.45) is 11.3 Å². The molecule has 1 aliphatic carbocycles. The number of imide groups is 1. The summed E-state index contributed by atoms with van der Waals surface area (Å²) in [6.07, 6.45) is 10.3. The van der Waals surface area contributed by atoms with Gasteiger partial charge in [0.1, 0.15) is 34.6 Å². The highest BCUT2D eigenvalue weighted by Crippen LogP contribution is 2.47. The fraction of sp³-hybridized carbons (Fsp3) is 0.519. The van der Waals surface area contributed by atoms with E-state index < -0.39 is 23.3 Å². The number of benzene rings is 3. The van der Waals surface area contributed by atoms with Crippen LogP contribution in [0.4, 0.5) is 14.6 Å². The second-order valence-electron chi connectivity index (χ2n) is 21.4. The number of piperidine rings is 4. The summed E-state index contributed by atoms with van der Waals surface area (Å²) in [7, 11) is 0. The van der Waals surface area contributed by atoms with Gasteiger partial charge < -0.3 is 34.5 Å². The van der Waals surface area contributed by atoms with Gasteiger partial charge in [-0.2, -0.15) is 9.97 Å². The predicted molar refractivity (Wildman–Crippen MR) is 261 cm³/mol. The van der Waals surface area contributed by atoms with Crippen LogP contribution < -0.4 is 15.0 Å². The number of pyridine rings is 1. The molecule has 3 aromatic carbocycles. The van der Waals surface area contributed by atoms with Gasteiger partial charge in [-0.1, -0.05) is 25.1 Å². The quantitative estimate of drug-likeness (QED) is 0.108. The number of rotatable bonds is 12. The number of aryl methyl sites for hydroxylation is 1. The number of phenolic OH excluding ortho intramolecular Hbond substituents is 1. The molecule has 1 saturated carbocycles. The van der Waals surface area contributed by atoms with Gasteiger partial charge in [-0.25, -0.2) is 8.78 Å². The summed E-state index contributed by atoms with van der Waals surface area (Å²) in [5.74, 6) is -0.531. The maximum Gasteiger partial charge on any atom is 0.319 e. The van der Waals surface area contributed by atoms with E-state index in [0.717, 1.165) is 89.8 Å². The first-order chi connectivity index (χ1) is 33.7. The predicted octanol–water partition coefficient (Wildman–Crippen LogP) is 7.25. The molecule has 5 fully saturated rings. The number of hydrogen-bond donors (Lipinski definition) is 3.